The van der Waals surface area contributed by atoms with Crippen molar-refractivity contribution in [1.29, 1.82) is 0 Å². The van der Waals surface area contributed by atoms with E-state index in [1.165, 1.54) is 4.52 Å². The van der Waals surface area contributed by atoms with Gasteiger partial charge >= 0.3 is 6.18 Å². The summed E-state index contributed by atoms with van der Waals surface area (Å²) in [6.45, 7) is 1.53. The maximum atomic E-state index is 13.5. The van der Waals surface area contributed by atoms with Crippen molar-refractivity contribution < 1.29 is 18.0 Å². The first kappa shape index (κ1) is 24.3. The van der Waals surface area contributed by atoms with Crippen molar-refractivity contribution in [1.82, 2.24) is 24.1 Å². The first-order valence-electron chi connectivity index (χ1n) is 11.0. The van der Waals surface area contributed by atoms with Crippen LogP contribution in [0.3, 0.4) is 0 Å². The third kappa shape index (κ3) is 4.25. The van der Waals surface area contributed by atoms with Crippen LogP contribution in [0.15, 0.2) is 27.7 Å². The summed E-state index contributed by atoms with van der Waals surface area (Å²) in [6.07, 6.45) is -1.46. The van der Waals surface area contributed by atoms with Gasteiger partial charge in [-0.25, -0.2) is 0 Å². The Morgan fingerprint density at radius 1 is 1.26 bits per heavy atom. The van der Waals surface area contributed by atoms with Crippen LogP contribution in [0.4, 0.5) is 18.9 Å². The van der Waals surface area contributed by atoms with Crippen molar-refractivity contribution in [3.05, 3.63) is 55.1 Å². The lowest BCUT2D eigenvalue weighted by Crippen LogP contribution is -2.43. The van der Waals surface area contributed by atoms with Crippen LogP contribution >= 0.6 is 27.5 Å². The highest BCUT2D eigenvalue weighted by Crippen LogP contribution is 2.44. The molecule has 1 saturated heterocycles. The minimum Gasteiger partial charge on any atom is -0.323 e. The molecule has 2 aliphatic rings. The molecule has 13 heteroatoms. The van der Waals surface area contributed by atoms with Crippen LogP contribution < -0.4 is 10.9 Å². The Morgan fingerprint density at radius 2 is 1.97 bits per heavy atom. The number of piperidine rings is 1. The normalized spacial score (nSPS) is 17.8. The van der Waals surface area contributed by atoms with Crippen LogP contribution in [-0.4, -0.2) is 50.1 Å². The number of aromatic nitrogens is 4. The van der Waals surface area contributed by atoms with Crippen molar-refractivity contribution in [2.75, 3.05) is 25.5 Å². The van der Waals surface area contributed by atoms with E-state index in [9.17, 15) is 22.8 Å². The second kappa shape index (κ2) is 8.59. The molecule has 35 heavy (non-hydrogen) atoms. The number of rotatable bonds is 3. The van der Waals surface area contributed by atoms with Gasteiger partial charge in [0.15, 0.2) is 0 Å². The predicted octanol–water partition coefficient (Wildman–Crippen LogP) is 3.87. The van der Waals surface area contributed by atoms with Crippen molar-refractivity contribution >= 4 is 44.9 Å². The number of benzene rings is 1. The first-order chi connectivity index (χ1) is 16.5. The summed E-state index contributed by atoms with van der Waals surface area (Å²) >= 11 is 9.22. The van der Waals surface area contributed by atoms with E-state index < -0.39 is 17.6 Å². The molecule has 3 aromatic rings. The molecule has 186 valence electrons. The Kier molecular flexibility index (Phi) is 5.96. The molecule has 0 saturated carbocycles. The average molecular weight is 574 g/mol. The molecule has 1 spiro atoms. The fraction of sp³-hybridized carbons (Fsp3) is 0.455. The Balaban J connectivity index is 1.51. The standard InChI is InChI=1S/C22H21BrClF3N6O2/c1-31-8-6-21(7-9-31)5-4-15-17(21)18(35)33-20(29-19(23)30-33)32(15)11-16(34)28-14-3-2-12(10-13(14)24)22(25,26)27/h2-3,10H,4-9,11H2,1H3,(H,28,34). The third-order valence-corrected chi connectivity index (χ3v) is 7.66. The fourth-order valence-electron chi connectivity index (χ4n) is 5.19. The average Bonchev–Trinajstić information content (AvgIpc) is 3.35. The van der Waals surface area contributed by atoms with E-state index in [-0.39, 0.29) is 38.7 Å². The second-order valence-electron chi connectivity index (χ2n) is 9.13. The summed E-state index contributed by atoms with van der Waals surface area (Å²) in [5.74, 6) is -0.290. The molecule has 1 N–H and O–H groups in total. The zero-order valence-corrected chi connectivity index (χ0v) is 21.0. The van der Waals surface area contributed by atoms with Gasteiger partial charge in [-0.15, -0.1) is 5.10 Å². The van der Waals surface area contributed by atoms with Gasteiger partial charge in [-0.05, 0) is 79.9 Å². The molecule has 1 aromatic carbocycles. The molecule has 1 aliphatic carbocycles. The monoisotopic (exact) mass is 572 g/mol. The molecule has 0 bridgehead atoms. The van der Waals surface area contributed by atoms with Crippen LogP contribution in [0.2, 0.25) is 5.02 Å². The number of likely N-dealkylation sites (tertiary alicyclic amines) is 1. The van der Waals surface area contributed by atoms with Gasteiger partial charge in [0.25, 0.3) is 5.56 Å². The third-order valence-electron chi connectivity index (χ3n) is 7.01. The SMILES string of the molecule is CN1CCC2(CCc3c2c(=O)n2nc(Br)nc2n3CC(=O)Nc2ccc(C(F)(F)F)cc2Cl)CC1. The molecule has 0 radical (unpaired) electrons. The van der Waals surface area contributed by atoms with E-state index in [1.54, 1.807) is 4.57 Å². The van der Waals surface area contributed by atoms with Crippen molar-refractivity contribution in [2.45, 2.75) is 43.8 Å². The van der Waals surface area contributed by atoms with Crippen molar-refractivity contribution in [3.8, 4) is 0 Å². The Labute approximate surface area is 211 Å². The van der Waals surface area contributed by atoms with Crippen LogP contribution in [0, 0.1) is 0 Å². The topological polar surface area (TPSA) is 84.5 Å². The van der Waals surface area contributed by atoms with Gasteiger partial charge in [-0.3, -0.25) is 9.59 Å². The fourth-order valence-corrected chi connectivity index (χ4v) is 5.73. The Bertz CT molecular complexity index is 1390. The highest BCUT2D eigenvalue weighted by atomic mass is 79.9. The van der Waals surface area contributed by atoms with E-state index in [0.717, 1.165) is 56.2 Å². The van der Waals surface area contributed by atoms with Gasteiger partial charge in [0.1, 0.15) is 6.54 Å². The van der Waals surface area contributed by atoms with E-state index in [2.05, 4.69) is 43.3 Å². The summed E-state index contributed by atoms with van der Waals surface area (Å²) < 4.78 is 41.9. The highest BCUT2D eigenvalue weighted by Gasteiger charge is 2.45. The number of carbonyl (C=O) groups excluding carboxylic acids is 1. The van der Waals surface area contributed by atoms with Crippen LogP contribution in [0.1, 0.15) is 36.1 Å². The quantitative estimate of drug-likeness (QED) is 0.514. The van der Waals surface area contributed by atoms with Gasteiger partial charge < -0.3 is 14.8 Å². The van der Waals surface area contributed by atoms with Gasteiger partial charge in [0.2, 0.25) is 16.4 Å². The van der Waals surface area contributed by atoms with Crippen LogP contribution in [-0.2, 0) is 29.4 Å². The molecule has 2 aromatic heterocycles. The maximum absolute atomic E-state index is 13.5. The molecule has 1 amide bonds. The summed E-state index contributed by atoms with van der Waals surface area (Å²) in [7, 11) is 2.05. The molecule has 3 heterocycles. The number of carbonyl (C=O) groups is 1. The summed E-state index contributed by atoms with van der Waals surface area (Å²) in [5, 5.41) is 6.56. The van der Waals surface area contributed by atoms with Gasteiger partial charge in [-0.1, -0.05) is 11.6 Å². The molecule has 0 unspecified atom stereocenters. The van der Waals surface area contributed by atoms with E-state index in [0.29, 0.717) is 12.0 Å². The molecular weight excluding hydrogens is 553 g/mol. The lowest BCUT2D eigenvalue weighted by atomic mass is 9.74. The summed E-state index contributed by atoms with van der Waals surface area (Å²) in [5.41, 5.74) is 0.0831. The van der Waals surface area contributed by atoms with Crippen LogP contribution in [0.25, 0.3) is 5.78 Å². The molecule has 5 rings (SSSR count). The van der Waals surface area contributed by atoms with E-state index in [1.807, 2.05) is 0 Å². The number of amides is 1. The molecular formula is C22H21BrClF3N6O2. The van der Waals surface area contributed by atoms with Crippen molar-refractivity contribution in [3.63, 3.8) is 0 Å². The Hall–Kier alpha value is -2.44. The lowest BCUT2D eigenvalue weighted by Gasteiger charge is -2.38. The second-order valence-corrected chi connectivity index (χ2v) is 10.2. The molecule has 0 atom stereocenters. The van der Waals surface area contributed by atoms with E-state index >= 15 is 0 Å². The smallest absolute Gasteiger partial charge is 0.323 e. The van der Waals surface area contributed by atoms with Crippen molar-refractivity contribution in [2.24, 2.45) is 0 Å². The summed E-state index contributed by atoms with van der Waals surface area (Å²) in [4.78, 5) is 33.0. The Morgan fingerprint density at radius 3 is 2.63 bits per heavy atom. The minimum atomic E-state index is -4.54. The lowest BCUT2D eigenvalue weighted by molar-refractivity contribution is -0.137. The number of alkyl halides is 3. The summed E-state index contributed by atoms with van der Waals surface area (Å²) in [6, 6.07) is 2.75. The van der Waals surface area contributed by atoms with Gasteiger partial charge in [0.05, 0.1) is 16.3 Å². The molecule has 1 fully saturated rings. The number of hydrogen-bond donors (Lipinski definition) is 1. The van der Waals surface area contributed by atoms with E-state index in [4.69, 9.17) is 11.6 Å². The first-order valence-corrected chi connectivity index (χ1v) is 12.2. The number of fused-ring (bicyclic) bond motifs is 3. The highest BCUT2D eigenvalue weighted by molar-refractivity contribution is 9.10. The number of anilines is 1. The molecule has 1 aliphatic heterocycles. The number of hydrogen-bond acceptors (Lipinski definition) is 5. The predicted molar refractivity (Wildman–Crippen MR) is 127 cm³/mol. The molecule has 8 nitrogen and oxygen atoms in total. The number of nitrogens with zero attached hydrogens (tertiary/aromatic N) is 5. The minimum absolute atomic E-state index is 0.0628. The zero-order valence-electron chi connectivity index (χ0n) is 18.6. The van der Waals surface area contributed by atoms with Crippen LogP contribution in [0.5, 0.6) is 0 Å². The largest absolute Gasteiger partial charge is 0.416 e. The number of halogens is 5. The zero-order chi connectivity index (χ0) is 25.1. The van der Waals surface area contributed by atoms with Gasteiger partial charge in [0, 0.05) is 16.7 Å². The maximum Gasteiger partial charge on any atom is 0.416 e. The number of nitrogens with one attached hydrogen (secondary N) is 1. The van der Waals surface area contributed by atoms with Gasteiger partial charge in [-0.2, -0.15) is 22.7 Å².